The number of nitrogens with one attached hydrogen (secondary N) is 2. The van der Waals surface area contributed by atoms with E-state index in [4.69, 9.17) is 0 Å². The Morgan fingerprint density at radius 2 is 2.41 bits per heavy atom. The van der Waals surface area contributed by atoms with Gasteiger partial charge in [0.25, 0.3) is 5.91 Å². The molecule has 0 radical (unpaired) electrons. The van der Waals surface area contributed by atoms with Crippen LogP contribution in [0, 0.1) is 0 Å². The molecule has 1 aromatic rings. The van der Waals surface area contributed by atoms with E-state index in [0.717, 1.165) is 4.47 Å². The summed E-state index contributed by atoms with van der Waals surface area (Å²) in [5.41, 5.74) is 0.505. The number of hydrogen-bond acceptors (Lipinski definition) is 2. The summed E-state index contributed by atoms with van der Waals surface area (Å²) in [5, 5.41) is 2.77. The molecule has 0 aromatic carbocycles. The second-order valence-corrected chi connectivity index (χ2v) is 4.86. The third-order valence-electron chi connectivity index (χ3n) is 2.86. The first kappa shape index (κ1) is 12.2. The van der Waals surface area contributed by atoms with Crippen LogP contribution in [0.3, 0.4) is 0 Å². The van der Waals surface area contributed by atoms with Gasteiger partial charge in [0.1, 0.15) is 11.7 Å². The molecule has 17 heavy (non-hydrogen) atoms. The van der Waals surface area contributed by atoms with E-state index in [1.807, 2.05) is 6.92 Å². The van der Waals surface area contributed by atoms with Crippen molar-refractivity contribution in [1.82, 2.24) is 15.2 Å². The highest BCUT2D eigenvalue weighted by Crippen LogP contribution is 2.16. The number of H-pyrrole nitrogens is 1. The van der Waals surface area contributed by atoms with Gasteiger partial charge in [0, 0.05) is 23.8 Å². The number of halogens is 1. The minimum atomic E-state index is -0.363. The molecule has 0 bridgehead atoms. The first-order valence-corrected chi connectivity index (χ1v) is 6.35. The molecule has 0 aliphatic carbocycles. The maximum atomic E-state index is 12.2. The molecule has 2 rings (SSSR count). The Balaban J connectivity index is 2.20. The lowest BCUT2D eigenvalue weighted by atomic mass is 10.1. The van der Waals surface area contributed by atoms with Crippen molar-refractivity contribution in [3.63, 3.8) is 0 Å². The Morgan fingerprint density at radius 1 is 1.65 bits per heavy atom. The van der Waals surface area contributed by atoms with E-state index >= 15 is 0 Å². The molecular formula is C11H14BrN3O2. The lowest BCUT2D eigenvalue weighted by Crippen LogP contribution is -2.56. The first-order chi connectivity index (χ1) is 8.13. The summed E-state index contributed by atoms with van der Waals surface area (Å²) < 4.78 is 0.829. The van der Waals surface area contributed by atoms with Crippen LogP contribution >= 0.6 is 15.9 Å². The largest absolute Gasteiger partial charge is 0.356 e. The molecule has 0 spiro atoms. The number of aromatic nitrogens is 1. The van der Waals surface area contributed by atoms with Gasteiger partial charge in [-0.2, -0.15) is 0 Å². The van der Waals surface area contributed by atoms with Crippen molar-refractivity contribution in [2.24, 2.45) is 0 Å². The molecule has 2 heterocycles. The number of amides is 2. The Kier molecular flexibility index (Phi) is 3.51. The van der Waals surface area contributed by atoms with Gasteiger partial charge in [-0.1, -0.05) is 6.92 Å². The fourth-order valence-corrected chi connectivity index (χ4v) is 2.35. The fourth-order valence-electron chi connectivity index (χ4n) is 2.01. The number of carbonyl (C=O) groups excluding carboxylic acids is 2. The molecule has 1 aliphatic rings. The van der Waals surface area contributed by atoms with E-state index in [9.17, 15) is 9.59 Å². The highest BCUT2D eigenvalue weighted by Gasteiger charge is 2.32. The first-order valence-electron chi connectivity index (χ1n) is 5.56. The minimum Gasteiger partial charge on any atom is -0.356 e. The van der Waals surface area contributed by atoms with Crippen LogP contribution in [0.15, 0.2) is 16.7 Å². The molecule has 6 heteroatoms. The molecule has 1 atom stereocenters. The van der Waals surface area contributed by atoms with E-state index in [-0.39, 0.29) is 17.9 Å². The molecule has 0 saturated carbocycles. The summed E-state index contributed by atoms with van der Waals surface area (Å²) >= 11 is 3.29. The van der Waals surface area contributed by atoms with E-state index in [0.29, 0.717) is 25.2 Å². The lowest BCUT2D eigenvalue weighted by Gasteiger charge is -2.34. The molecule has 1 aliphatic heterocycles. The molecule has 1 saturated heterocycles. The smallest absolute Gasteiger partial charge is 0.271 e. The van der Waals surface area contributed by atoms with Crippen molar-refractivity contribution < 1.29 is 9.59 Å². The Bertz CT molecular complexity index is 444. The summed E-state index contributed by atoms with van der Waals surface area (Å²) in [6.07, 6.45) is 2.33. The Hall–Kier alpha value is -1.30. The van der Waals surface area contributed by atoms with Crippen LogP contribution in [0.1, 0.15) is 23.8 Å². The van der Waals surface area contributed by atoms with Crippen molar-refractivity contribution in [3.8, 4) is 0 Å². The van der Waals surface area contributed by atoms with Crippen LogP contribution in [0.2, 0.25) is 0 Å². The summed E-state index contributed by atoms with van der Waals surface area (Å²) in [7, 11) is 0. The Labute approximate surface area is 108 Å². The van der Waals surface area contributed by atoms with Crippen LogP contribution < -0.4 is 5.32 Å². The predicted molar refractivity (Wildman–Crippen MR) is 66.6 cm³/mol. The monoisotopic (exact) mass is 299 g/mol. The van der Waals surface area contributed by atoms with E-state index < -0.39 is 0 Å². The second-order valence-electron chi connectivity index (χ2n) is 3.95. The third-order valence-corrected chi connectivity index (χ3v) is 3.31. The maximum absolute atomic E-state index is 12.2. The van der Waals surface area contributed by atoms with Crippen molar-refractivity contribution in [2.45, 2.75) is 19.4 Å². The van der Waals surface area contributed by atoms with Gasteiger partial charge in [0.2, 0.25) is 5.91 Å². The molecule has 1 unspecified atom stereocenters. The number of nitrogens with zero attached hydrogens (tertiary/aromatic N) is 1. The quantitative estimate of drug-likeness (QED) is 0.860. The van der Waals surface area contributed by atoms with Gasteiger partial charge in [-0.15, -0.1) is 0 Å². The van der Waals surface area contributed by atoms with Crippen molar-refractivity contribution in [3.05, 3.63) is 22.4 Å². The van der Waals surface area contributed by atoms with Crippen molar-refractivity contribution in [1.29, 1.82) is 0 Å². The van der Waals surface area contributed by atoms with Gasteiger partial charge in [-0.25, -0.2) is 0 Å². The SMILES string of the molecule is CCC1C(=O)NCCN1C(=O)c1cc(Br)c[nH]1. The average Bonchev–Trinajstić information content (AvgIpc) is 2.74. The van der Waals surface area contributed by atoms with Gasteiger partial charge in [0.05, 0.1) is 0 Å². The van der Waals surface area contributed by atoms with Crippen LogP contribution in [-0.4, -0.2) is 40.8 Å². The summed E-state index contributed by atoms with van der Waals surface area (Å²) in [5.74, 6) is -0.199. The van der Waals surface area contributed by atoms with E-state index in [1.54, 1.807) is 17.2 Å². The van der Waals surface area contributed by atoms with Crippen LogP contribution in [-0.2, 0) is 4.79 Å². The zero-order valence-corrected chi connectivity index (χ0v) is 11.1. The van der Waals surface area contributed by atoms with Crippen LogP contribution in [0.4, 0.5) is 0 Å². The highest BCUT2D eigenvalue weighted by atomic mass is 79.9. The zero-order valence-electron chi connectivity index (χ0n) is 9.50. The Morgan fingerprint density at radius 3 is 3.00 bits per heavy atom. The molecule has 2 N–H and O–H groups in total. The number of aromatic amines is 1. The van der Waals surface area contributed by atoms with Gasteiger partial charge < -0.3 is 15.2 Å². The van der Waals surface area contributed by atoms with Gasteiger partial charge >= 0.3 is 0 Å². The fraction of sp³-hybridized carbons (Fsp3) is 0.455. The molecule has 2 amide bonds. The van der Waals surface area contributed by atoms with Crippen LogP contribution in [0.25, 0.3) is 0 Å². The van der Waals surface area contributed by atoms with E-state index in [1.165, 1.54) is 0 Å². The minimum absolute atomic E-state index is 0.0716. The summed E-state index contributed by atoms with van der Waals surface area (Å²) in [6.45, 7) is 2.98. The van der Waals surface area contributed by atoms with Crippen molar-refractivity contribution in [2.75, 3.05) is 13.1 Å². The summed E-state index contributed by atoms with van der Waals surface area (Å²) in [6, 6.07) is 1.36. The second kappa shape index (κ2) is 4.91. The predicted octanol–water partition coefficient (Wildman–Crippen LogP) is 1.13. The molecule has 1 fully saturated rings. The number of carbonyl (C=O) groups is 2. The molecule has 5 nitrogen and oxygen atoms in total. The molecule has 92 valence electrons. The number of piperazine rings is 1. The van der Waals surface area contributed by atoms with Gasteiger partial charge in [0.15, 0.2) is 0 Å². The average molecular weight is 300 g/mol. The number of rotatable bonds is 2. The third kappa shape index (κ3) is 2.36. The maximum Gasteiger partial charge on any atom is 0.271 e. The van der Waals surface area contributed by atoms with Gasteiger partial charge in [-0.3, -0.25) is 9.59 Å². The lowest BCUT2D eigenvalue weighted by molar-refractivity contribution is -0.127. The summed E-state index contributed by atoms with van der Waals surface area (Å²) in [4.78, 5) is 28.4. The van der Waals surface area contributed by atoms with E-state index in [2.05, 4.69) is 26.2 Å². The standard InChI is InChI=1S/C11H14BrN3O2/c1-2-9-10(16)13-3-4-15(9)11(17)8-5-7(12)6-14-8/h5-6,9,14H,2-4H2,1H3,(H,13,16). The molecule has 1 aromatic heterocycles. The topological polar surface area (TPSA) is 65.2 Å². The van der Waals surface area contributed by atoms with Crippen LogP contribution in [0.5, 0.6) is 0 Å². The van der Waals surface area contributed by atoms with Crippen molar-refractivity contribution >= 4 is 27.7 Å². The number of hydrogen-bond donors (Lipinski definition) is 2. The normalized spacial score (nSPS) is 20.2. The van der Waals surface area contributed by atoms with Gasteiger partial charge in [-0.05, 0) is 28.4 Å². The molecular weight excluding hydrogens is 286 g/mol. The zero-order chi connectivity index (χ0) is 12.4. The highest BCUT2D eigenvalue weighted by molar-refractivity contribution is 9.10.